The molecule has 0 unspecified atom stereocenters. The highest BCUT2D eigenvalue weighted by molar-refractivity contribution is 7.10. The molecule has 0 radical (unpaired) electrons. The molecule has 0 aliphatic carbocycles. The average molecular weight is 455 g/mol. The molecule has 0 saturated heterocycles. The van der Waals surface area contributed by atoms with Gasteiger partial charge in [0.05, 0.1) is 28.0 Å². The van der Waals surface area contributed by atoms with E-state index in [9.17, 15) is 14.4 Å². The Hall–Kier alpha value is -3.30. The van der Waals surface area contributed by atoms with E-state index in [1.54, 1.807) is 32.1 Å². The van der Waals surface area contributed by atoms with Crippen molar-refractivity contribution in [1.29, 1.82) is 0 Å². The second-order valence-electron chi connectivity index (χ2n) is 6.74. The molecule has 0 bridgehead atoms. The number of carboxylic acid groups (broad SMARTS) is 1. The molecular formula is C22H18N2O5S2. The fourth-order valence-corrected chi connectivity index (χ4v) is 5.25. The zero-order valence-corrected chi connectivity index (χ0v) is 18.3. The molecule has 2 aromatic heterocycles. The van der Waals surface area contributed by atoms with E-state index in [1.807, 2.05) is 17.5 Å². The van der Waals surface area contributed by atoms with Gasteiger partial charge in [0.1, 0.15) is 6.04 Å². The van der Waals surface area contributed by atoms with Gasteiger partial charge in [-0.15, -0.1) is 11.3 Å². The normalized spacial score (nSPS) is 16.1. The van der Waals surface area contributed by atoms with E-state index in [2.05, 4.69) is 4.99 Å². The number of hydrogen-bond acceptors (Lipinski definition) is 7. The lowest BCUT2D eigenvalue weighted by molar-refractivity contribution is -0.139. The third-order valence-corrected chi connectivity index (χ3v) is 6.69. The minimum atomic E-state index is -1.01. The van der Waals surface area contributed by atoms with Gasteiger partial charge in [0.25, 0.3) is 5.56 Å². The summed E-state index contributed by atoms with van der Waals surface area (Å²) >= 11 is 2.69. The fraction of sp³-hybridized carbons (Fsp3) is 0.182. The van der Waals surface area contributed by atoms with Crippen LogP contribution in [0.4, 0.5) is 0 Å². The van der Waals surface area contributed by atoms with Crippen molar-refractivity contribution in [3.8, 4) is 0 Å². The lowest BCUT2D eigenvalue weighted by Gasteiger charge is -2.23. The molecule has 31 heavy (non-hydrogen) atoms. The van der Waals surface area contributed by atoms with Gasteiger partial charge in [-0.2, -0.15) is 0 Å². The van der Waals surface area contributed by atoms with Crippen LogP contribution in [0.2, 0.25) is 0 Å². The quantitative estimate of drug-likeness (QED) is 0.598. The Morgan fingerprint density at radius 2 is 2.00 bits per heavy atom. The van der Waals surface area contributed by atoms with Crippen LogP contribution < -0.4 is 14.9 Å². The van der Waals surface area contributed by atoms with Crippen LogP contribution in [0.1, 0.15) is 40.7 Å². The van der Waals surface area contributed by atoms with E-state index in [0.717, 1.165) is 4.88 Å². The smallest absolute Gasteiger partial charge is 0.338 e. The number of ether oxygens (including phenoxy) is 1. The third-order valence-electron chi connectivity index (χ3n) is 4.79. The molecule has 0 saturated carbocycles. The largest absolute Gasteiger partial charge is 0.478 e. The Kier molecular flexibility index (Phi) is 5.71. The number of allylic oxidation sites excluding steroid dienone is 1. The van der Waals surface area contributed by atoms with Crippen LogP contribution in [0.25, 0.3) is 6.08 Å². The molecule has 1 N–H and O–H groups in total. The van der Waals surface area contributed by atoms with Gasteiger partial charge >= 0.3 is 11.9 Å². The van der Waals surface area contributed by atoms with E-state index in [-0.39, 0.29) is 17.7 Å². The molecule has 158 valence electrons. The highest BCUT2D eigenvalue weighted by Crippen LogP contribution is 2.33. The molecule has 3 aromatic rings. The maximum absolute atomic E-state index is 13.3. The van der Waals surface area contributed by atoms with Crippen molar-refractivity contribution >= 4 is 40.7 Å². The standard InChI is InChI=1S/C22H18N2O5S2/c1-3-29-21(28)17-12(2)23-22-24(18(17)15-5-4-10-30-15)19(25)16(31-22)11-13-6-8-14(9-7-13)20(26)27/h4-11,18H,3H2,1-2H3,(H,26,27)/b16-11-/t18-/m1/s1. The van der Waals surface area contributed by atoms with Crippen LogP contribution in [-0.2, 0) is 9.53 Å². The number of benzene rings is 1. The molecule has 0 fully saturated rings. The number of rotatable bonds is 5. The summed E-state index contributed by atoms with van der Waals surface area (Å²) in [4.78, 5) is 43.0. The van der Waals surface area contributed by atoms with Crippen molar-refractivity contribution in [1.82, 2.24) is 4.57 Å². The number of aromatic carboxylic acids is 1. The fourth-order valence-electron chi connectivity index (χ4n) is 3.38. The van der Waals surface area contributed by atoms with E-state index in [0.29, 0.717) is 26.2 Å². The second kappa shape index (κ2) is 8.44. The first-order chi connectivity index (χ1) is 14.9. The van der Waals surface area contributed by atoms with E-state index >= 15 is 0 Å². The molecule has 4 rings (SSSR count). The van der Waals surface area contributed by atoms with Gasteiger partial charge in [0, 0.05) is 4.88 Å². The Bertz CT molecular complexity index is 1360. The topological polar surface area (TPSA) is 98.0 Å². The molecule has 1 aliphatic heterocycles. The lowest BCUT2D eigenvalue weighted by atomic mass is 10.0. The number of carbonyl (C=O) groups excluding carboxylic acids is 1. The predicted octanol–water partition coefficient (Wildman–Crippen LogP) is 2.56. The van der Waals surface area contributed by atoms with E-state index in [1.165, 1.54) is 39.4 Å². The monoisotopic (exact) mass is 454 g/mol. The number of hydrogen-bond donors (Lipinski definition) is 1. The molecule has 1 atom stereocenters. The third kappa shape index (κ3) is 3.89. The number of aromatic nitrogens is 1. The second-order valence-corrected chi connectivity index (χ2v) is 8.73. The summed E-state index contributed by atoms with van der Waals surface area (Å²) in [7, 11) is 0. The summed E-state index contributed by atoms with van der Waals surface area (Å²) in [6.07, 6.45) is 1.70. The first-order valence-electron chi connectivity index (χ1n) is 9.47. The first-order valence-corrected chi connectivity index (χ1v) is 11.2. The average Bonchev–Trinajstić information content (AvgIpc) is 3.36. The molecule has 0 amide bonds. The van der Waals surface area contributed by atoms with Crippen molar-refractivity contribution in [3.05, 3.63) is 88.7 Å². The Labute approximate surface area is 184 Å². The summed E-state index contributed by atoms with van der Waals surface area (Å²) in [5.41, 5.74) is 1.48. The van der Waals surface area contributed by atoms with Crippen molar-refractivity contribution in [3.63, 3.8) is 0 Å². The summed E-state index contributed by atoms with van der Waals surface area (Å²) in [5, 5.41) is 11.0. The minimum Gasteiger partial charge on any atom is -0.478 e. The van der Waals surface area contributed by atoms with Crippen LogP contribution in [-0.4, -0.2) is 28.2 Å². The van der Waals surface area contributed by atoms with Crippen molar-refractivity contribution in [2.24, 2.45) is 4.99 Å². The van der Waals surface area contributed by atoms with Crippen molar-refractivity contribution in [2.75, 3.05) is 6.61 Å². The van der Waals surface area contributed by atoms with Gasteiger partial charge in [-0.25, -0.2) is 14.6 Å². The summed E-state index contributed by atoms with van der Waals surface area (Å²) < 4.78 is 7.23. The maximum Gasteiger partial charge on any atom is 0.338 e. The number of fused-ring (bicyclic) bond motifs is 1. The van der Waals surface area contributed by atoms with Gasteiger partial charge in [-0.05, 0) is 49.1 Å². The number of carbonyl (C=O) groups is 2. The number of esters is 1. The van der Waals surface area contributed by atoms with Crippen LogP contribution >= 0.6 is 22.7 Å². The van der Waals surface area contributed by atoms with E-state index < -0.39 is 18.0 Å². The van der Waals surface area contributed by atoms with Gasteiger partial charge < -0.3 is 9.84 Å². The van der Waals surface area contributed by atoms with Gasteiger partial charge in [-0.1, -0.05) is 29.5 Å². The highest BCUT2D eigenvalue weighted by atomic mass is 32.1. The zero-order valence-electron chi connectivity index (χ0n) is 16.7. The number of nitrogens with zero attached hydrogens (tertiary/aromatic N) is 2. The molecular weight excluding hydrogens is 436 g/mol. The lowest BCUT2D eigenvalue weighted by Crippen LogP contribution is -2.39. The van der Waals surface area contributed by atoms with E-state index in [4.69, 9.17) is 9.84 Å². The van der Waals surface area contributed by atoms with Crippen molar-refractivity contribution in [2.45, 2.75) is 19.9 Å². The van der Waals surface area contributed by atoms with Gasteiger partial charge in [-0.3, -0.25) is 9.36 Å². The Morgan fingerprint density at radius 1 is 1.26 bits per heavy atom. The first kappa shape index (κ1) is 21.0. The Balaban J connectivity index is 1.88. The van der Waals surface area contributed by atoms with Crippen LogP contribution in [0.15, 0.2) is 62.8 Å². The van der Waals surface area contributed by atoms with Gasteiger partial charge in [0.2, 0.25) is 0 Å². The van der Waals surface area contributed by atoms with Crippen molar-refractivity contribution < 1.29 is 19.4 Å². The number of thiophene rings is 1. The van der Waals surface area contributed by atoms with Crippen LogP contribution in [0, 0.1) is 0 Å². The highest BCUT2D eigenvalue weighted by Gasteiger charge is 2.33. The molecule has 7 nitrogen and oxygen atoms in total. The summed E-state index contributed by atoms with van der Waals surface area (Å²) in [6, 6.07) is 9.42. The molecule has 0 spiro atoms. The predicted molar refractivity (Wildman–Crippen MR) is 118 cm³/mol. The number of carboxylic acids is 1. The molecule has 9 heteroatoms. The zero-order chi connectivity index (χ0) is 22.1. The van der Waals surface area contributed by atoms with Crippen LogP contribution in [0.5, 0.6) is 0 Å². The Morgan fingerprint density at radius 3 is 2.61 bits per heavy atom. The summed E-state index contributed by atoms with van der Waals surface area (Å²) in [5.74, 6) is -1.50. The summed E-state index contributed by atoms with van der Waals surface area (Å²) in [6.45, 7) is 3.71. The van der Waals surface area contributed by atoms with Gasteiger partial charge in [0.15, 0.2) is 4.80 Å². The number of thiazole rings is 1. The maximum atomic E-state index is 13.3. The molecule has 1 aromatic carbocycles. The SMILES string of the molecule is CCOC(=O)C1=C(C)N=c2s/c(=C\c3ccc(C(=O)O)cc3)c(=O)n2[C@@H]1c1cccs1. The van der Waals surface area contributed by atoms with Crippen LogP contribution in [0.3, 0.4) is 0 Å². The molecule has 1 aliphatic rings. The molecule has 3 heterocycles. The minimum absolute atomic E-state index is 0.172.